The highest BCUT2D eigenvalue weighted by Gasteiger charge is 2.11. The minimum Gasteiger partial charge on any atom is -0.476 e. The molecule has 0 amide bonds. The van der Waals surface area contributed by atoms with Crippen LogP contribution >= 0.6 is 11.6 Å². The van der Waals surface area contributed by atoms with E-state index in [4.69, 9.17) is 21.8 Å². The highest BCUT2D eigenvalue weighted by molar-refractivity contribution is 6.33. The summed E-state index contributed by atoms with van der Waals surface area (Å²) < 4.78 is 0. The Morgan fingerprint density at radius 1 is 1.15 bits per heavy atom. The first-order valence-corrected chi connectivity index (χ1v) is 6.30. The summed E-state index contributed by atoms with van der Waals surface area (Å²) in [4.78, 5) is 14.9. The summed E-state index contributed by atoms with van der Waals surface area (Å²) in [5, 5.41) is 21.0. The van der Waals surface area contributed by atoms with Gasteiger partial charge >= 0.3 is 5.97 Å². The first kappa shape index (κ1) is 14.3. The van der Waals surface area contributed by atoms with Crippen molar-refractivity contribution in [3.8, 4) is 0 Å². The number of nitrogens with zero attached hydrogens (tertiary/aromatic N) is 1. The molecule has 2 rings (SSSR count). The third-order valence-corrected chi connectivity index (χ3v) is 3.03. The number of carboxylic acid groups (broad SMARTS) is 1. The second-order valence-electron chi connectivity index (χ2n) is 4.16. The molecule has 104 valence electrons. The van der Waals surface area contributed by atoms with Gasteiger partial charge in [-0.25, -0.2) is 9.78 Å². The Bertz CT molecular complexity index is 614. The van der Waals surface area contributed by atoms with E-state index >= 15 is 0 Å². The number of hydrogen-bond donors (Lipinski definition) is 3. The molecule has 1 heterocycles. The lowest BCUT2D eigenvalue weighted by Gasteiger charge is -2.07. The first-order chi connectivity index (χ1) is 9.60. The van der Waals surface area contributed by atoms with E-state index in [-0.39, 0.29) is 17.3 Å². The Balaban J connectivity index is 2.06. The normalized spacial score (nSPS) is 10.3. The zero-order valence-corrected chi connectivity index (χ0v) is 11.3. The monoisotopic (exact) mass is 292 g/mol. The van der Waals surface area contributed by atoms with E-state index in [1.807, 2.05) is 24.3 Å². The van der Waals surface area contributed by atoms with Crippen molar-refractivity contribution in [2.45, 2.75) is 13.2 Å². The molecule has 0 unspecified atom stereocenters. The second kappa shape index (κ2) is 6.36. The number of hydrogen-bond acceptors (Lipinski definition) is 4. The van der Waals surface area contributed by atoms with Crippen LogP contribution in [0, 0.1) is 0 Å². The lowest BCUT2D eigenvalue weighted by Crippen LogP contribution is -2.06. The molecule has 0 saturated heterocycles. The SMILES string of the molecule is O=C(O)c1nc(NCc2ccc(CO)cc2)ccc1Cl. The number of carboxylic acids is 1. The maximum atomic E-state index is 10.9. The number of aliphatic hydroxyl groups excluding tert-OH is 1. The zero-order chi connectivity index (χ0) is 14.5. The van der Waals surface area contributed by atoms with Crippen molar-refractivity contribution < 1.29 is 15.0 Å². The number of aromatic carboxylic acids is 1. The average molecular weight is 293 g/mol. The van der Waals surface area contributed by atoms with Crippen molar-refractivity contribution >= 4 is 23.4 Å². The molecule has 1 aromatic heterocycles. The fourth-order valence-electron chi connectivity index (χ4n) is 1.65. The third kappa shape index (κ3) is 3.46. The number of halogens is 1. The number of rotatable bonds is 5. The van der Waals surface area contributed by atoms with Crippen molar-refractivity contribution in [2.24, 2.45) is 0 Å². The van der Waals surface area contributed by atoms with Gasteiger partial charge in [0.2, 0.25) is 0 Å². The highest BCUT2D eigenvalue weighted by atomic mass is 35.5. The van der Waals surface area contributed by atoms with E-state index in [1.165, 1.54) is 6.07 Å². The number of nitrogens with one attached hydrogen (secondary N) is 1. The van der Waals surface area contributed by atoms with Gasteiger partial charge in [0.05, 0.1) is 11.6 Å². The van der Waals surface area contributed by atoms with Gasteiger partial charge in [-0.3, -0.25) is 0 Å². The van der Waals surface area contributed by atoms with E-state index < -0.39 is 5.97 Å². The first-order valence-electron chi connectivity index (χ1n) is 5.92. The van der Waals surface area contributed by atoms with Crippen molar-refractivity contribution in [2.75, 3.05) is 5.32 Å². The quantitative estimate of drug-likeness (QED) is 0.789. The van der Waals surface area contributed by atoms with Crippen molar-refractivity contribution in [3.05, 3.63) is 58.2 Å². The zero-order valence-electron chi connectivity index (χ0n) is 10.5. The topological polar surface area (TPSA) is 82.5 Å². The Hall–Kier alpha value is -2.11. The van der Waals surface area contributed by atoms with Crippen LogP contribution < -0.4 is 5.32 Å². The molecule has 0 aliphatic rings. The molecule has 0 radical (unpaired) electrons. The molecule has 0 aliphatic carbocycles. The van der Waals surface area contributed by atoms with Gasteiger partial charge in [-0.2, -0.15) is 0 Å². The molecule has 3 N–H and O–H groups in total. The van der Waals surface area contributed by atoms with Crippen LogP contribution in [-0.2, 0) is 13.2 Å². The van der Waals surface area contributed by atoms with E-state index in [2.05, 4.69) is 10.3 Å². The van der Waals surface area contributed by atoms with Crippen LogP contribution in [0.3, 0.4) is 0 Å². The van der Waals surface area contributed by atoms with Gasteiger partial charge in [0.15, 0.2) is 5.69 Å². The summed E-state index contributed by atoms with van der Waals surface area (Å²) in [5.41, 5.74) is 1.66. The van der Waals surface area contributed by atoms with Crippen LogP contribution in [0.4, 0.5) is 5.82 Å². The summed E-state index contributed by atoms with van der Waals surface area (Å²) in [6, 6.07) is 10.5. The largest absolute Gasteiger partial charge is 0.476 e. The fraction of sp³-hybridized carbons (Fsp3) is 0.143. The molecule has 0 bridgehead atoms. The summed E-state index contributed by atoms with van der Waals surface area (Å²) >= 11 is 5.75. The number of benzene rings is 1. The Labute approximate surface area is 120 Å². The molecular formula is C14H13ClN2O3. The van der Waals surface area contributed by atoms with Crippen LogP contribution in [-0.4, -0.2) is 21.2 Å². The Morgan fingerprint density at radius 3 is 2.40 bits per heavy atom. The van der Waals surface area contributed by atoms with Crippen molar-refractivity contribution in [1.29, 1.82) is 0 Å². The summed E-state index contributed by atoms with van der Waals surface area (Å²) in [5.74, 6) is -0.719. The third-order valence-electron chi connectivity index (χ3n) is 2.73. The molecule has 6 heteroatoms. The van der Waals surface area contributed by atoms with Crippen LogP contribution in [0.2, 0.25) is 5.02 Å². The molecule has 5 nitrogen and oxygen atoms in total. The number of anilines is 1. The fourth-order valence-corrected chi connectivity index (χ4v) is 1.83. The van der Waals surface area contributed by atoms with Gasteiger partial charge in [0, 0.05) is 6.54 Å². The summed E-state index contributed by atoms with van der Waals surface area (Å²) in [6.45, 7) is 0.508. The molecule has 0 spiro atoms. The maximum Gasteiger partial charge on any atom is 0.356 e. The molecule has 0 aliphatic heterocycles. The van der Waals surface area contributed by atoms with Crippen molar-refractivity contribution in [3.63, 3.8) is 0 Å². The standard InChI is InChI=1S/C14H13ClN2O3/c15-11-5-6-12(17-13(11)14(19)20)16-7-9-1-3-10(8-18)4-2-9/h1-6,18H,7-8H2,(H,16,17)(H,19,20). The lowest BCUT2D eigenvalue weighted by molar-refractivity contribution is 0.0691. The molecule has 20 heavy (non-hydrogen) atoms. The minimum absolute atomic E-state index is 0.00835. The number of carbonyl (C=O) groups is 1. The smallest absolute Gasteiger partial charge is 0.356 e. The predicted molar refractivity (Wildman–Crippen MR) is 75.9 cm³/mol. The van der Waals surface area contributed by atoms with E-state index in [1.54, 1.807) is 6.07 Å². The Morgan fingerprint density at radius 2 is 1.80 bits per heavy atom. The second-order valence-corrected chi connectivity index (χ2v) is 4.57. The lowest BCUT2D eigenvalue weighted by atomic mass is 10.1. The molecular weight excluding hydrogens is 280 g/mol. The molecule has 0 fully saturated rings. The molecule has 0 saturated carbocycles. The van der Waals surface area contributed by atoms with E-state index in [0.29, 0.717) is 12.4 Å². The van der Waals surface area contributed by atoms with Gasteiger partial charge < -0.3 is 15.5 Å². The molecule has 2 aromatic rings. The number of aromatic nitrogens is 1. The van der Waals surface area contributed by atoms with E-state index in [0.717, 1.165) is 11.1 Å². The number of aliphatic hydroxyl groups is 1. The maximum absolute atomic E-state index is 10.9. The molecule has 1 aromatic carbocycles. The summed E-state index contributed by atoms with van der Waals surface area (Å²) in [6.07, 6.45) is 0. The van der Waals surface area contributed by atoms with Crippen LogP contribution in [0.5, 0.6) is 0 Å². The van der Waals surface area contributed by atoms with Crippen molar-refractivity contribution in [1.82, 2.24) is 4.98 Å². The Kier molecular flexibility index (Phi) is 4.55. The predicted octanol–water partition coefficient (Wildman–Crippen LogP) is 2.54. The van der Waals surface area contributed by atoms with Gasteiger partial charge in [-0.15, -0.1) is 0 Å². The van der Waals surface area contributed by atoms with Crippen LogP contribution in [0.25, 0.3) is 0 Å². The van der Waals surface area contributed by atoms with Crippen LogP contribution in [0.15, 0.2) is 36.4 Å². The average Bonchev–Trinajstić information content (AvgIpc) is 2.46. The van der Waals surface area contributed by atoms with Gasteiger partial charge in [-0.1, -0.05) is 35.9 Å². The number of pyridine rings is 1. The van der Waals surface area contributed by atoms with Crippen LogP contribution in [0.1, 0.15) is 21.6 Å². The molecule has 0 atom stereocenters. The van der Waals surface area contributed by atoms with Gasteiger partial charge in [0.1, 0.15) is 5.82 Å². The van der Waals surface area contributed by atoms with E-state index in [9.17, 15) is 4.79 Å². The highest BCUT2D eigenvalue weighted by Crippen LogP contribution is 2.17. The van der Waals surface area contributed by atoms with Gasteiger partial charge in [0.25, 0.3) is 0 Å². The minimum atomic E-state index is -1.16. The van der Waals surface area contributed by atoms with Gasteiger partial charge in [-0.05, 0) is 23.3 Å². The summed E-state index contributed by atoms with van der Waals surface area (Å²) in [7, 11) is 0.